The van der Waals surface area contributed by atoms with E-state index in [2.05, 4.69) is 39.0 Å². The molecule has 3 N–H and O–H groups in total. The average Bonchev–Trinajstić information content (AvgIpc) is 3.34. The number of aromatic nitrogens is 1. The fourth-order valence-corrected chi connectivity index (χ4v) is 4.98. The van der Waals surface area contributed by atoms with E-state index in [1.54, 1.807) is 0 Å². The summed E-state index contributed by atoms with van der Waals surface area (Å²) >= 11 is 0. The number of anilines is 1. The smallest absolute Gasteiger partial charge is 0.407 e. The van der Waals surface area contributed by atoms with Gasteiger partial charge in [0.2, 0.25) is 0 Å². The Morgan fingerprint density at radius 3 is 2.66 bits per heavy atom. The quantitative estimate of drug-likeness (QED) is 0.513. The van der Waals surface area contributed by atoms with Crippen molar-refractivity contribution in [1.82, 2.24) is 20.5 Å². The van der Waals surface area contributed by atoms with Crippen molar-refractivity contribution in [3.63, 3.8) is 0 Å². The minimum atomic E-state index is -0.491. The standard InChI is InChI=1S/C29H37N7O2/c1-29(2,3)38-28(37)34-22-14-12-21(13-15-22)33-26-27-32-19-24(36(27)17-16-30-26)23-10-7-11-25(35-23)31-18-20-8-5-4-6-9-20/h4-11,16-17,21-22,24H,12-15,18-19H2,1-3H3,(H,30,33)(H,31,35)(H,34,37). The monoisotopic (exact) mass is 515 g/mol. The number of fused-ring (bicyclic) bond motifs is 1. The summed E-state index contributed by atoms with van der Waals surface area (Å²) in [4.78, 5) is 29.0. The first-order valence-electron chi connectivity index (χ1n) is 13.4. The minimum Gasteiger partial charge on any atom is -0.444 e. The highest BCUT2D eigenvalue weighted by Gasteiger charge is 2.34. The lowest BCUT2D eigenvalue weighted by molar-refractivity contribution is 0.0491. The zero-order valence-electron chi connectivity index (χ0n) is 22.4. The summed E-state index contributed by atoms with van der Waals surface area (Å²) in [6.07, 6.45) is 7.16. The summed E-state index contributed by atoms with van der Waals surface area (Å²) in [5, 5.41) is 9.74. The lowest BCUT2D eigenvalue weighted by Gasteiger charge is -2.30. The van der Waals surface area contributed by atoms with Gasteiger partial charge in [0, 0.05) is 25.0 Å². The fourth-order valence-electron chi connectivity index (χ4n) is 4.98. The lowest BCUT2D eigenvalue weighted by atomic mass is 9.91. The molecule has 0 spiro atoms. The molecular weight excluding hydrogens is 478 g/mol. The van der Waals surface area contributed by atoms with Crippen LogP contribution in [0.15, 0.2) is 70.9 Å². The molecule has 1 fully saturated rings. The number of amides is 1. The molecular formula is C29H37N7O2. The molecule has 2 aromatic rings. The van der Waals surface area contributed by atoms with Crippen molar-refractivity contribution in [1.29, 1.82) is 0 Å². The van der Waals surface area contributed by atoms with Crippen LogP contribution in [0.3, 0.4) is 0 Å². The number of carbonyl (C=O) groups excluding carboxylic acids is 1. The molecule has 1 saturated carbocycles. The van der Waals surface area contributed by atoms with Crippen molar-refractivity contribution in [2.24, 2.45) is 9.98 Å². The Morgan fingerprint density at radius 2 is 1.89 bits per heavy atom. The van der Waals surface area contributed by atoms with E-state index in [0.717, 1.165) is 55.4 Å². The molecule has 1 unspecified atom stereocenters. The number of ether oxygens (including phenoxy) is 1. The van der Waals surface area contributed by atoms with E-state index in [9.17, 15) is 4.79 Å². The van der Waals surface area contributed by atoms with Crippen LogP contribution in [0.25, 0.3) is 0 Å². The minimum absolute atomic E-state index is 0.0285. The number of nitrogens with zero attached hydrogens (tertiary/aromatic N) is 4. The third-order valence-corrected chi connectivity index (χ3v) is 6.82. The van der Waals surface area contributed by atoms with Gasteiger partial charge in [0.05, 0.1) is 24.3 Å². The number of benzene rings is 1. The van der Waals surface area contributed by atoms with Gasteiger partial charge < -0.3 is 25.6 Å². The second kappa shape index (κ2) is 11.2. The SMILES string of the molecule is CC(C)(C)OC(=O)NC1CCC(N=C2NC=CN3C2=NCC3c2cccc(NCc3ccccc3)n2)CC1. The third-order valence-electron chi connectivity index (χ3n) is 6.82. The van der Waals surface area contributed by atoms with Crippen LogP contribution >= 0.6 is 0 Å². The third kappa shape index (κ3) is 6.51. The van der Waals surface area contributed by atoms with Crippen LogP contribution in [-0.4, -0.2) is 51.9 Å². The molecule has 2 aliphatic heterocycles. The molecule has 1 atom stereocenters. The highest BCUT2D eigenvalue weighted by atomic mass is 16.6. The van der Waals surface area contributed by atoms with Crippen molar-refractivity contribution < 1.29 is 9.53 Å². The zero-order valence-corrected chi connectivity index (χ0v) is 22.4. The van der Waals surface area contributed by atoms with E-state index in [1.165, 1.54) is 5.56 Å². The number of rotatable bonds is 6. The molecule has 38 heavy (non-hydrogen) atoms. The Bertz CT molecular complexity index is 1210. The maximum atomic E-state index is 12.1. The molecule has 9 heteroatoms. The Hall–Kier alpha value is -3.88. The zero-order chi connectivity index (χ0) is 26.5. The van der Waals surface area contributed by atoms with Crippen molar-refractivity contribution in [3.05, 3.63) is 72.2 Å². The van der Waals surface area contributed by atoms with Gasteiger partial charge in [-0.15, -0.1) is 0 Å². The van der Waals surface area contributed by atoms with E-state index >= 15 is 0 Å². The van der Waals surface area contributed by atoms with Crippen LogP contribution < -0.4 is 16.0 Å². The maximum absolute atomic E-state index is 12.1. The molecule has 1 aliphatic carbocycles. The predicted molar refractivity (Wildman–Crippen MR) is 150 cm³/mol. The molecule has 1 amide bonds. The molecule has 1 aromatic carbocycles. The van der Waals surface area contributed by atoms with Gasteiger partial charge >= 0.3 is 6.09 Å². The Morgan fingerprint density at radius 1 is 1.11 bits per heavy atom. The van der Waals surface area contributed by atoms with Crippen LogP contribution in [0.5, 0.6) is 0 Å². The maximum Gasteiger partial charge on any atom is 0.407 e. The first-order chi connectivity index (χ1) is 18.3. The molecule has 3 aliphatic rings. The topological polar surface area (TPSA) is 103 Å². The molecule has 9 nitrogen and oxygen atoms in total. The number of alkyl carbamates (subject to hydrolysis) is 1. The predicted octanol–water partition coefficient (Wildman–Crippen LogP) is 4.76. The normalized spacial score (nSPS) is 23.9. The highest BCUT2D eigenvalue weighted by Crippen LogP contribution is 2.29. The van der Waals surface area contributed by atoms with E-state index in [-0.39, 0.29) is 24.2 Å². The molecule has 0 radical (unpaired) electrons. The molecule has 5 rings (SSSR count). The summed E-state index contributed by atoms with van der Waals surface area (Å²) in [5.74, 6) is 2.51. The van der Waals surface area contributed by atoms with Crippen LogP contribution in [0.1, 0.15) is 63.8 Å². The summed E-state index contributed by atoms with van der Waals surface area (Å²) in [5.41, 5.74) is 1.70. The first-order valence-corrected chi connectivity index (χ1v) is 13.4. The molecule has 3 heterocycles. The van der Waals surface area contributed by atoms with Crippen LogP contribution in [-0.2, 0) is 11.3 Å². The number of aliphatic imine (C=N–C) groups is 2. The number of nitrogens with one attached hydrogen (secondary N) is 3. The van der Waals surface area contributed by atoms with E-state index in [0.29, 0.717) is 6.54 Å². The van der Waals surface area contributed by atoms with E-state index in [4.69, 9.17) is 19.7 Å². The summed E-state index contributed by atoms with van der Waals surface area (Å²) < 4.78 is 5.40. The molecule has 0 bridgehead atoms. The fraction of sp³-hybridized carbons (Fsp3) is 0.448. The number of carbonyl (C=O) groups is 1. The van der Waals surface area contributed by atoms with Crippen LogP contribution in [0.4, 0.5) is 10.6 Å². The van der Waals surface area contributed by atoms with Gasteiger partial charge in [-0.25, -0.2) is 9.78 Å². The summed E-state index contributed by atoms with van der Waals surface area (Å²) in [7, 11) is 0. The number of hydrogen-bond acceptors (Lipinski definition) is 7. The van der Waals surface area contributed by atoms with Crippen molar-refractivity contribution in [2.45, 2.75) is 76.7 Å². The van der Waals surface area contributed by atoms with Crippen LogP contribution in [0.2, 0.25) is 0 Å². The van der Waals surface area contributed by atoms with Gasteiger partial charge in [-0.1, -0.05) is 36.4 Å². The highest BCUT2D eigenvalue weighted by molar-refractivity contribution is 6.41. The van der Waals surface area contributed by atoms with Crippen molar-refractivity contribution in [3.8, 4) is 0 Å². The number of hydrogen-bond donors (Lipinski definition) is 3. The van der Waals surface area contributed by atoms with Crippen molar-refractivity contribution in [2.75, 3.05) is 11.9 Å². The second-order valence-electron chi connectivity index (χ2n) is 11.0. The lowest BCUT2D eigenvalue weighted by Crippen LogP contribution is -2.43. The Labute approximate surface area is 224 Å². The van der Waals surface area contributed by atoms with Gasteiger partial charge in [-0.05, 0) is 64.2 Å². The summed E-state index contributed by atoms with van der Waals surface area (Å²) in [6, 6.07) is 16.7. The summed E-state index contributed by atoms with van der Waals surface area (Å²) in [6.45, 7) is 6.98. The molecule has 200 valence electrons. The van der Waals surface area contributed by atoms with Gasteiger partial charge in [-0.3, -0.25) is 9.98 Å². The largest absolute Gasteiger partial charge is 0.444 e. The van der Waals surface area contributed by atoms with E-state index < -0.39 is 5.60 Å². The Kier molecular flexibility index (Phi) is 7.62. The number of amidine groups is 2. The second-order valence-corrected chi connectivity index (χ2v) is 11.0. The average molecular weight is 516 g/mol. The van der Waals surface area contributed by atoms with Gasteiger partial charge in [-0.2, -0.15) is 0 Å². The molecule has 0 saturated heterocycles. The molecule has 1 aromatic heterocycles. The van der Waals surface area contributed by atoms with Gasteiger partial charge in [0.15, 0.2) is 11.7 Å². The Balaban J connectivity index is 1.18. The first kappa shape index (κ1) is 25.8. The van der Waals surface area contributed by atoms with Gasteiger partial charge in [0.1, 0.15) is 11.4 Å². The van der Waals surface area contributed by atoms with E-state index in [1.807, 2.05) is 63.5 Å². The van der Waals surface area contributed by atoms with Crippen molar-refractivity contribution >= 4 is 23.6 Å². The number of pyridine rings is 1. The van der Waals surface area contributed by atoms with Gasteiger partial charge in [0.25, 0.3) is 0 Å². The van der Waals surface area contributed by atoms with Crippen LogP contribution in [0, 0.1) is 0 Å².